The van der Waals surface area contributed by atoms with Crippen LogP contribution in [0.5, 0.6) is 0 Å². The van der Waals surface area contributed by atoms with E-state index in [9.17, 15) is 0 Å². The van der Waals surface area contributed by atoms with Crippen molar-refractivity contribution >= 4 is 0 Å². The predicted octanol–water partition coefficient (Wildman–Crippen LogP) is 2.30. The summed E-state index contributed by atoms with van der Waals surface area (Å²) < 4.78 is 1.99. The van der Waals surface area contributed by atoms with E-state index >= 15 is 0 Å². The molecule has 0 aliphatic heterocycles. The SMILES string of the molecule is CCNCc1ccncc1-n1nc(C)c(C)c1C. The van der Waals surface area contributed by atoms with E-state index in [1.54, 1.807) is 0 Å². The first-order valence-corrected chi connectivity index (χ1v) is 6.32. The van der Waals surface area contributed by atoms with E-state index in [-0.39, 0.29) is 0 Å². The van der Waals surface area contributed by atoms with Crippen LogP contribution in [0.1, 0.15) is 29.4 Å². The molecule has 2 rings (SSSR count). The quantitative estimate of drug-likeness (QED) is 0.897. The Morgan fingerprint density at radius 2 is 2.06 bits per heavy atom. The Balaban J connectivity index is 2.46. The normalized spacial score (nSPS) is 10.9. The molecule has 18 heavy (non-hydrogen) atoms. The number of hydrogen-bond acceptors (Lipinski definition) is 3. The fraction of sp³-hybridized carbons (Fsp3) is 0.429. The Morgan fingerprint density at radius 1 is 1.28 bits per heavy atom. The highest BCUT2D eigenvalue weighted by Gasteiger charge is 2.11. The van der Waals surface area contributed by atoms with Gasteiger partial charge in [-0.2, -0.15) is 5.10 Å². The molecule has 0 aliphatic carbocycles. The van der Waals surface area contributed by atoms with Gasteiger partial charge in [0, 0.05) is 18.4 Å². The summed E-state index contributed by atoms with van der Waals surface area (Å²) in [4.78, 5) is 4.22. The standard InChI is InChI=1S/C14H20N4/c1-5-15-8-13-6-7-16-9-14(13)18-12(4)10(2)11(3)17-18/h6-7,9,15H,5,8H2,1-4H3. The van der Waals surface area contributed by atoms with Crippen LogP contribution >= 0.6 is 0 Å². The van der Waals surface area contributed by atoms with E-state index in [0.717, 1.165) is 24.5 Å². The Kier molecular flexibility index (Phi) is 3.77. The number of nitrogens with one attached hydrogen (secondary N) is 1. The van der Waals surface area contributed by atoms with E-state index in [1.165, 1.54) is 16.8 Å². The second-order valence-corrected chi connectivity index (χ2v) is 4.49. The molecule has 1 N–H and O–H groups in total. The van der Waals surface area contributed by atoms with E-state index in [2.05, 4.69) is 36.2 Å². The average molecular weight is 244 g/mol. The van der Waals surface area contributed by atoms with Crippen molar-refractivity contribution in [3.63, 3.8) is 0 Å². The van der Waals surface area contributed by atoms with Crippen molar-refractivity contribution in [2.24, 2.45) is 0 Å². The average Bonchev–Trinajstić information content (AvgIpc) is 2.64. The molecule has 4 nitrogen and oxygen atoms in total. The molecule has 0 bridgehead atoms. The molecular weight excluding hydrogens is 224 g/mol. The molecule has 0 fully saturated rings. The molecule has 4 heteroatoms. The zero-order chi connectivity index (χ0) is 13.1. The molecule has 0 aromatic carbocycles. The highest BCUT2D eigenvalue weighted by molar-refractivity contribution is 5.41. The number of pyridine rings is 1. The monoisotopic (exact) mass is 244 g/mol. The van der Waals surface area contributed by atoms with Gasteiger partial charge in [-0.25, -0.2) is 4.68 Å². The minimum atomic E-state index is 0.839. The lowest BCUT2D eigenvalue weighted by atomic mass is 10.2. The van der Waals surface area contributed by atoms with Gasteiger partial charge in [0.05, 0.1) is 17.6 Å². The molecule has 0 amide bonds. The molecule has 96 valence electrons. The molecule has 0 aliphatic rings. The highest BCUT2D eigenvalue weighted by Crippen LogP contribution is 2.19. The van der Waals surface area contributed by atoms with Crippen LogP contribution in [-0.4, -0.2) is 21.3 Å². The molecule has 2 aromatic rings. The summed E-state index contributed by atoms with van der Waals surface area (Å²) in [6.45, 7) is 10.1. The van der Waals surface area contributed by atoms with Gasteiger partial charge in [0.2, 0.25) is 0 Å². The van der Waals surface area contributed by atoms with Gasteiger partial charge in [-0.3, -0.25) is 4.98 Å². The lowest BCUT2D eigenvalue weighted by molar-refractivity contribution is 0.711. The second-order valence-electron chi connectivity index (χ2n) is 4.49. The first kappa shape index (κ1) is 12.8. The highest BCUT2D eigenvalue weighted by atomic mass is 15.3. The molecular formula is C14H20N4. The van der Waals surface area contributed by atoms with E-state index in [0.29, 0.717) is 0 Å². The summed E-state index contributed by atoms with van der Waals surface area (Å²) in [5, 5.41) is 7.94. The lowest BCUT2D eigenvalue weighted by Gasteiger charge is -2.11. The van der Waals surface area contributed by atoms with E-state index in [4.69, 9.17) is 0 Å². The minimum Gasteiger partial charge on any atom is -0.313 e. The summed E-state index contributed by atoms with van der Waals surface area (Å²) in [7, 11) is 0. The van der Waals surface area contributed by atoms with Gasteiger partial charge in [0.1, 0.15) is 0 Å². The number of aromatic nitrogens is 3. The van der Waals surface area contributed by atoms with Crippen LogP contribution in [0.2, 0.25) is 0 Å². The fourth-order valence-corrected chi connectivity index (χ4v) is 1.97. The summed E-state index contributed by atoms with van der Waals surface area (Å²) in [5.74, 6) is 0. The van der Waals surface area contributed by atoms with Gasteiger partial charge < -0.3 is 5.32 Å². The maximum atomic E-state index is 4.60. The summed E-state index contributed by atoms with van der Waals surface area (Å²) in [6, 6.07) is 2.05. The van der Waals surface area contributed by atoms with Crippen LogP contribution in [0.3, 0.4) is 0 Å². The van der Waals surface area contributed by atoms with Crippen LogP contribution in [0.15, 0.2) is 18.5 Å². The number of nitrogens with zero attached hydrogens (tertiary/aromatic N) is 3. The lowest BCUT2D eigenvalue weighted by Crippen LogP contribution is -2.15. The third-order valence-corrected chi connectivity index (χ3v) is 3.33. The van der Waals surface area contributed by atoms with Crippen molar-refractivity contribution in [1.29, 1.82) is 0 Å². The Hall–Kier alpha value is -1.68. The largest absolute Gasteiger partial charge is 0.313 e. The van der Waals surface area contributed by atoms with Gasteiger partial charge in [0.25, 0.3) is 0 Å². The first-order chi connectivity index (χ1) is 8.65. The molecule has 0 atom stereocenters. The molecule has 0 unspecified atom stereocenters. The van der Waals surface area contributed by atoms with Gasteiger partial charge in [0.15, 0.2) is 0 Å². The predicted molar refractivity (Wildman–Crippen MR) is 73.0 cm³/mol. The van der Waals surface area contributed by atoms with Crippen LogP contribution < -0.4 is 5.32 Å². The molecule has 2 heterocycles. The van der Waals surface area contributed by atoms with E-state index in [1.807, 2.05) is 30.1 Å². The third-order valence-electron chi connectivity index (χ3n) is 3.33. The zero-order valence-electron chi connectivity index (χ0n) is 11.5. The Labute approximate surface area is 108 Å². The zero-order valence-corrected chi connectivity index (χ0v) is 11.5. The van der Waals surface area contributed by atoms with E-state index < -0.39 is 0 Å². The first-order valence-electron chi connectivity index (χ1n) is 6.32. The molecule has 0 spiro atoms. The van der Waals surface area contributed by atoms with Crippen LogP contribution in [0.4, 0.5) is 0 Å². The van der Waals surface area contributed by atoms with Gasteiger partial charge in [-0.05, 0) is 44.5 Å². The maximum Gasteiger partial charge on any atom is 0.0876 e. The van der Waals surface area contributed by atoms with Gasteiger partial charge in [-0.1, -0.05) is 6.92 Å². The Bertz CT molecular complexity index is 543. The summed E-state index contributed by atoms with van der Waals surface area (Å²) in [6.07, 6.45) is 3.71. The number of hydrogen-bond donors (Lipinski definition) is 1. The van der Waals surface area contributed by atoms with Gasteiger partial charge >= 0.3 is 0 Å². The topological polar surface area (TPSA) is 42.7 Å². The van der Waals surface area contributed by atoms with Crippen LogP contribution in [-0.2, 0) is 6.54 Å². The Morgan fingerprint density at radius 3 is 2.67 bits per heavy atom. The molecule has 0 radical (unpaired) electrons. The molecule has 0 saturated heterocycles. The van der Waals surface area contributed by atoms with Crippen LogP contribution in [0, 0.1) is 20.8 Å². The minimum absolute atomic E-state index is 0.839. The summed E-state index contributed by atoms with van der Waals surface area (Å²) in [5.41, 5.74) is 5.78. The smallest absolute Gasteiger partial charge is 0.0876 e. The van der Waals surface area contributed by atoms with Crippen molar-refractivity contribution in [2.75, 3.05) is 6.54 Å². The fourth-order valence-electron chi connectivity index (χ4n) is 1.97. The van der Waals surface area contributed by atoms with Crippen molar-refractivity contribution < 1.29 is 0 Å². The maximum absolute atomic E-state index is 4.60. The summed E-state index contributed by atoms with van der Waals surface area (Å²) >= 11 is 0. The molecule has 2 aromatic heterocycles. The third kappa shape index (κ3) is 2.29. The number of aryl methyl sites for hydroxylation is 1. The van der Waals surface area contributed by atoms with Gasteiger partial charge in [-0.15, -0.1) is 0 Å². The van der Waals surface area contributed by atoms with Crippen molar-refractivity contribution in [3.05, 3.63) is 41.0 Å². The molecule has 0 saturated carbocycles. The second kappa shape index (κ2) is 5.31. The van der Waals surface area contributed by atoms with Crippen molar-refractivity contribution in [2.45, 2.75) is 34.2 Å². The van der Waals surface area contributed by atoms with Crippen molar-refractivity contribution in [1.82, 2.24) is 20.1 Å². The number of rotatable bonds is 4. The van der Waals surface area contributed by atoms with Crippen molar-refractivity contribution in [3.8, 4) is 5.69 Å². The van der Waals surface area contributed by atoms with Crippen LogP contribution in [0.25, 0.3) is 5.69 Å².